The smallest absolute Gasteiger partial charge is 0.0605 e. The van der Waals surface area contributed by atoms with E-state index in [1.165, 1.54) is 0 Å². The van der Waals surface area contributed by atoms with Gasteiger partial charge in [-0.05, 0) is 24.5 Å². The molecule has 1 unspecified atom stereocenters. The van der Waals surface area contributed by atoms with E-state index in [2.05, 4.69) is 0 Å². The van der Waals surface area contributed by atoms with Gasteiger partial charge in [-0.3, -0.25) is 0 Å². The molecule has 0 aromatic carbocycles. The predicted molar refractivity (Wildman–Crippen MR) is 52.3 cm³/mol. The molecule has 0 aliphatic heterocycles. The SMILES string of the molecule is CC1=C(Cl)[CH]C(Cl)C=C1CCO. The minimum atomic E-state index is -0.136. The van der Waals surface area contributed by atoms with Crippen molar-refractivity contribution in [1.82, 2.24) is 0 Å². The van der Waals surface area contributed by atoms with Crippen LogP contribution in [0, 0.1) is 6.42 Å². The second-order valence-electron chi connectivity index (χ2n) is 2.75. The van der Waals surface area contributed by atoms with Crippen LogP contribution in [0.15, 0.2) is 22.3 Å². The van der Waals surface area contributed by atoms with E-state index in [9.17, 15) is 0 Å². The maximum absolute atomic E-state index is 8.75. The van der Waals surface area contributed by atoms with Crippen molar-refractivity contribution in [2.75, 3.05) is 6.61 Å². The highest BCUT2D eigenvalue weighted by molar-refractivity contribution is 6.33. The predicted octanol–water partition coefficient (Wildman–Crippen LogP) is 2.63. The van der Waals surface area contributed by atoms with Crippen LogP contribution >= 0.6 is 23.2 Å². The van der Waals surface area contributed by atoms with E-state index in [1.54, 1.807) is 6.42 Å². The second-order valence-corrected chi connectivity index (χ2v) is 3.66. The summed E-state index contributed by atoms with van der Waals surface area (Å²) in [4.78, 5) is 0. The molecule has 1 aliphatic carbocycles. The Kier molecular flexibility index (Phi) is 3.63. The van der Waals surface area contributed by atoms with Crippen LogP contribution in [0.2, 0.25) is 0 Å². The van der Waals surface area contributed by atoms with Gasteiger partial charge in [0.1, 0.15) is 0 Å². The summed E-state index contributed by atoms with van der Waals surface area (Å²) in [5.41, 5.74) is 2.06. The van der Waals surface area contributed by atoms with E-state index in [-0.39, 0.29) is 12.0 Å². The van der Waals surface area contributed by atoms with Crippen molar-refractivity contribution in [3.05, 3.63) is 28.7 Å². The van der Waals surface area contributed by atoms with E-state index < -0.39 is 0 Å². The molecule has 12 heavy (non-hydrogen) atoms. The quantitative estimate of drug-likeness (QED) is 0.688. The first-order valence-electron chi connectivity index (χ1n) is 3.82. The average Bonchev–Trinajstić information content (AvgIpc) is 2.00. The van der Waals surface area contributed by atoms with Crippen LogP contribution in [0.3, 0.4) is 0 Å². The summed E-state index contributed by atoms with van der Waals surface area (Å²) in [5.74, 6) is 0. The molecule has 1 radical (unpaired) electrons. The minimum Gasteiger partial charge on any atom is -0.396 e. The summed E-state index contributed by atoms with van der Waals surface area (Å²) in [6, 6.07) is 0. The molecule has 0 bridgehead atoms. The summed E-state index contributed by atoms with van der Waals surface area (Å²) in [5, 5.41) is 9.31. The molecule has 1 aliphatic rings. The lowest BCUT2D eigenvalue weighted by Gasteiger charge is -2.17. The Morgan fingerprint density at radius 1 is 1.58 bits per heavy atom. The van der Waals surface area contributed by atoms with Gasteiger partial charge in [-0.2, -0.15) is 0 Å². The number of rotatable bonds is 2. The van der Waals surface area contributed by atoms with Crippen molar-refractivity contribution in [3.63, 3.8) is 0 Å². The van der Waals surface area contributed by atoms with Gasteiger partial charge in [-0.1, -0.05) is 17.7 Å². The van der Waals surface area contributed by atoms with E-state index in [0.29, 0.717) is 11.5 Å². The topological polar surface area (TPSA) is 20.2 Å². The van der Waals surface area contributed by atoms with E-state index in [1.807, 2.05) is 13.0 Å². The molecule has 0 heterocycles. The van der Waals surface area contributed by atoms with Crippen LogP contribution in [0.5, 0.6) is 0 Å². The summed E-state index contributed by atoms with van der Waals surface area (Å²) < 4.78 is 0. The third-order valence-corrected chi connectivity index (χ3v) is 2.55. The zero-order chi connectivity index (χ0) is 9.14. The summed E-state index contributed by atoms with van der Waals surface area (Å²) in [6.45, 7) is 2.07. The van der Waals surface area contributed by atoms with E-state index >= 15 is 0 Å². The Hall–Kier alpha value is 0.0200. The lowest BCUT2D eigenvalue weighted by atomic mass is 9.96. The van der Waals surface area contributed by atoms with Crippen molar-refractivity contribution in [2.24, 2.45) is 0 Å². The summed E-state index contributed by atoms with van der Waals surface area (Å²) in [6.07, 6.45) is 4.33. The first-order valence-corrected chi connectivity index (χ1v) is 4.64. The molecule has 3 heteroatoms. The molecule has 0 saturated carbocycles. The van der Waals surface area contributed by atoms with Gasteiger partial charge >= 0.3 is 0 Å². The largest absolute Gasteiger partial charge is 0.396 e. The fourth-order valence-corrected chi connectivity index (χ4v) is 1.77. The summed E-state index contributed by atoms with van der Waals surface area (Å²) >= 11 is 11.8. The van der Waals surface area contributed by atoms with Gasteiger partial charge in [-0.15, -0.1) is 11.6 Å². The minimum absolute atomic E-state index is 0.136. The third-order valence-electron chi connectivity index (χ3n) is 1.89. The number of halogens is 2. The van der Waals surface area contributed by atoms with Gasteiger partial charge in [0.2, 0.25) is 0 Å². The first-order chi connectivity index (χ1) is 5.65. The Labute approximate surface area is 82.7 Å². The monoisotopic (exact) mass is 205 g/mol. The molecule has 1 nitrogen and oxygen atoms in total. The fraction of sp³-hybridized carbons (Fsp3) is 0.444. The van der Waals surface area contributed by atoms with Gasteiger partial charge < -0.3 is 5.11 Å². The molecular weight excluding hydrogens is 195 g/mol. The molecular formula is C9H11Cl2O. The standard InChI is InChI=1S/C9H11Cl2O/c1-6-7(2-3-12)4-8(10)5-9(6)11/h4-5,8,12H,2-3H2,1H3. The molecule has 1 N–H and O–H groups in total. The highest BCUT2D eigenvalue weighted by Crippen LogP contribution is 2.30. The highest BCUT2D eigenvalue weighted by atomic mass is 35.5. The number of allylic oxidation sites excluding steroid dienone is 3. The molecule has 67 valence electrons. The number of aliphatic hydroxyl groups excluding tert-OH is 1. The molecule has 0 amide bonds. The molecule has 0 spiro atoms. The maximum Gasteiger partial charge on any atom is 0.0605 e. The van der Waals surface area contributed by atoms with Gasteiger partial charge in [-0.25, -0.2) is 0 Å². The molecule has 0 aromatic heterocycles. The zero-order valence-corrected chi connectivity index (χ0v) is 8.36. The molecule has 0 aromatic rings. The Balaban J connectivity index is 2.81. The van der Waals surface area contributed by atoms with Gasteiger partial charge in [0, 0.05) is 18.1 Å². The van der Waals surface area contributed by atoms with Crippen LogP contribution in [-0.2, 0) is 0 Å². The maximum atomic E-state index is 8.75. The van der Waals surface area contributed by atoms with Crippen LogP contribution in [0.25, 0.3) is 0 Å². The number of hydrogen-bond acceptors (Lipinski definition) is 1. The lowest BCUT2D eigenvalue weighted by Crippen LogP contribution is -2.07. The normalized spacial score (nSPS) is 24.3. The molecule has 0 saturated heterocycles. The zero-order valence-electron chi connectivity index (χ0n) is 6.85. The second kappa shape index (κ2) is 4.31. The van der Waals surface area contributed by atoms with E-state index in [0.717, 1.165) is 11.1 Å². The van der Waals surface area contributed by atoms with Crippen LogP contribution < -0.4 is 0 Å². The van der Waals surface area contributed by atoms with Crippen molar-refractivity contribution in [1.29, 1.82) is 0 Å². The Morgan fingerprint density at radius 3 is 2.83 bits per heavy atom. The Bertz CT molecular complexity index is 231. The van der Waals surface area contributed by atoms with Gasteiger partial charge in [0.15, 0.2) is 0 Å². The highest BCUT2D eigenvalue weighted by Gasteiger charge is 2.16. The number of hydrogen-bond donors (Lipinski definition) is 1. The molecule has 0 fully saturated rings. The van der Waals surface area contributed by atoms with Crippen LogP contribution in [-0.4, -0.2) is 17.1 Å². The van der Waals surface area contributed by atoms with Crippen LogP contribution in [0.1, 0.15) is 13.3 Å². The summed E-state index contributed by atoms with van der Waals surface area (Å²) in [7, 11) is 0. The van der Waals surface area contributed by atoms with Crippen LogP contribution in [0.4, 0.5) is 0 Å². The van der Waals surface area contributed by atoms with Crippen molar-refractivity contribution in [3.8, 4) is 0 Å². The number of aliphatic hydroxyl groups is 1. The van der Waals surface area contributed by atoms with Crippen molar-refractivity contribution < 1.29 is 5.11 Å². The average molecular weight is 206 g/mol. The Morgan fingerprint density at radius 2 is 2.25 bits per heavy atom. The lowest BCUT2D eigenvalue weighted by molar-refractivity contribution is 0.299. The molecule has 1 atom stereocenters. The first kappa shape index (κ1) is 10.1. The third kappa shape index (κ3) is 2.25. The van der Waals surface area contributed by atoms with Gasteiger partial charge in [0.05, 0.1) is 5.38 Å². The van der Waals surface area contributed by atoms with Crippen molar-refractivity contribution in [2.45, 2.75) is 18.7 Å². The van der Waals surface area contributed by atoms with Crippen molar-refractivity contribution >= 4 is 23.2 Å². The number of alkyl halides is 1. The fourth-order valence-electron chi connectivity index (χ4n) is 1.17. The van der Waals surface area contributed by atoms with E-state index in [4.69, 9.17) is 28.3 Å². The molecule has 1 rings (SSSR count). The van der Waals surface area contributed by atoms with Gasteiger partial charge in [0.25, 0.3) is 0 Å².